The molecule has 6 nitrogen and oxygen atoms in total. The normalized spacial score (nSPS) is 18.0. The zero-order valence-electron chi connectivity index (χ0n) is 19.0. The summed E-state index contributed by atoms with van der Waals surface area (Å²) in [7, 11) is 1.46. The van der Waals surface area contributed by atoms with E-state index in [9.17, 15) is 9.18 Å². The average molecular weight is 441 g/mol. The van der Waals surface area contributed by atoms with Crippen molar-refractivity contribution in [1.29, 1.82) is 0 Å². The van der Waals surface area contributed by atoms with Gasteiger partial charge in [0.05, 0.1) is 7.11 Å². The van der Waals surface area contributed by atoms with Crippen LogP contribution in [0.25, 0.3) is 0 Å². The summed E-state index contributed by atoms with van der Waals surface area (Å²) in [6.45, 7) is 7.98. The average Bonchev–Trinajstić information content (AvgIpc) is 2.81. The van der Waals surface area contributed by atoms with Gasteiger partial charge in [0.15, 0.2) is 11.6 Å². The Morgan fingerprint density at radius 2 is 1.72 bits per heavy atom. The number of nitrogens with zero attached hydrogens (tertiary/aromatic N) is 3. The molecule has 2 aliphatic heterocycles. The second kappa shape index (κ2) is 10.2. The van der Waals surface area contributed by atoms with Crippen LogP contribution in [0.2, 0.25) is 0 Å². The fourth-order valence-electron chi connectivity index (χ4n) is 4.40. The Morgan fingerprint density at radius 1 is 1.03 bits per heavy atom. The highest BCUT2D eigenvalue weighted by molar-refractivity contribution is 5.89. The van der Waals surface area contributed by atoms with Gasteiger partial charge in [-0.3, -0.25) is 4.90 Å². The molecule has 0 spiro atoms. The number of carbonyl (C=O) groups excluding carboxylic acids is 1. The molecule has 2 fully saturated rings. The standard InChI is InChI=1S/C25H33FN4O2/c1-19-9-11-29(12-10-19)22-6-4-21(5-7-22)27-25(31)30-15-13-28(14-16-30)18-20-3-8-24(32-2)23(26)17-20/h3-8,17,19H,9-16,18H2,1-2H3,(H,27,31). The van der Waals surface area contributed by atoms with E-state index in [0.717, 1.165) is 43.3 Å². The van der Waals surface area contributed by atoms with E-state index in [0.29, 0.717) is 19.6 Å². The first-order chi connectivity index (χ1) is 15.5. The van der Waals surface area contributed by atoms with Crippen LogP contribution in [0.3, 0.4) is 0 Å². The first-order valence-electron chi connectivity index (χ1n) is 11.5. The van der Waals surface area contributed by atoms with Gasteiger partial charge in [-0.15, -0.1) is 0 Å². The van der Waals surface area contributed by atoms with Gasteiger partial charge < -0.3 is 19.9 Å². The van der Waals surface area contributed by atoms with Crippen LogP contribution < -0.4 is 15.0 Å². The molecule has 2 amide bonds. The largest absolute Gasteiger partial charge is 0.494 e. The predicted octanol–water partition coefficient (Wildman–Crippen LogP) is 4.42. The molecule has 0 aromatic heterocycles. The van der Waals surface area contributed by atoms with E-state index in [1.807, 2.05) is 23.1 Å². The lowest BCUT2D eigenvalue weighted by atomic mass is 9.99. The summed E-state index contributed by atoms with van der Waals surface area (Å²) in [5, 5.41) is 3.02. The third-order valence-electron chi connectivity index (χ3n) is 6.55. The summed E-state index contributed by atoms with van der Waals surface area (Å²) in [6, 6.07) is 13.2. The lowest BCUT2D eigenvalue weighted by molar-refractivity contribution is 0.143. The molecule has 0 aliphatic carbocycles. The number of halogens is 1. The molecule has 2 aliphatic rings. The van der Waals surface area contributed by atoms with Gasteiger partial charge in [0, 0.05) is 57.2 Å². The molecule has 0 unspecified atom stereocenters. The minimum atomic E-state index is -0.344. The summed E-state index contributed by atoms with van der Waals surface area (Å²) in [5.74, 6) is 0.723. The third-order valence-corrected chi connectivity index (χ3v) is 6.55. The van der Waals surface area contributed by atoms with Gasteiger partial charge >= 0.3 is 6.03 Å². The highest BCUT2D eigenvalue weighted by Crippen LogP contribution is 2.24. The van der Waals surface area contributed by atoms with Crippen molar-refractivity contribution in [2.45, 2.75) is 26.3 Å². The minimum absolute atomic E-state index is 0.0697. The number of hydrogen-bond donors (Lipinski definition) is 1. The zero-order valence-corrected chi connectivity index (χ0v) is 19.0. The van der Waals surface area contributed by atoms with E-state index < -0.39 is 0 Å². The van der Waals surface area contributed by atoms with E-state index in [2.05, 4.69) is 34.2 Å². The number of anilines is 2. The van der Waals surface area contributed by atoms with Crippen molar-refractivity contribution in [2.24, 2.45) is 5.92 Å². The van der Waals surface area contributed by atoms with Crippen molar-refractivity contribution in [2.75, 3.05) is 56.6 Å². The molecule has 2 heterocycles. The lowest BCUT2D eigenvalue weighted by Gasteiger charge is -2.35. The molecule has 172 valence electrons. The molecule has 0 atom stereocenters. The van der Waals surface area contributed by atoms with Gasteiger partial charge in [0.2, 0.25) is 0 Å². The molecule has 1 N–H and O–H groups in total. The summed E-state index contributed by atoms with van der Waals surface area (Å²) >= 11 is 0. The van der Waals surface area contributed by atoms with Gasteiger partial charge in [0.1, 0.15) is 0 Å². The lowest BCUT2D eigenvalue weighted by Crippen LogP contribution is -2.49. The molecule has 2 aromatic rings. The van der Waals surface area contributed by atoms with Crippen molar-refractivity contribution in [1.82, 2.24) is 9.80 Å². The summed E-state index contributed by atoms with van der Waals surface area (Å²) in [4.78, 5) is 19.2. The third kappa shape index (κ3) is 5.51. The molecule has 4 rings (SSSR count). The maximum atomic E-state index is 13.9. The Kier molecular flexibility index (Phi) is 7.15. The van der Waals surface area contributed by atoms with E-state index in [1.54, 1.807) is 6.07 Å². The molecule has 2 saturated heterocycles. The molecule has 32 heavy (non-hydrogen) atoms. The maximum absolute atomic E-state index is 13.9. The number of nitrogens with one attached hydrogen (secondary N) is 1. The quantitative estimate of drug-likeness (QED) is 0.748. The predicted molar refractivity (Wildman–Crippen MR) is 126 cm³/mol. The fourth-order valence-corrected chi connectivity index (χ4v) is 4.40. The first kappa shape index (κ1) is 22.4. The zero-order chi connectivity index (χ0) is 22.5. The molecule has 0 radical (unpaired) electrons. The number of carbonyl (C=O) groups is 1. The highest BCUT2D eigenvalue weighted by Gasteiger charge is 2.22. The van der Waals surface area contributed by atoms with Crippen LogP contribution in [-0.4, -0.2) is 62.2 Å². The molecule has 2 aromatic carbocycles. The van der Waals surface area contributed by atoms with E-state index >= 15 is 0 Å². The number of methoxy groups -OCH3 is 1. The van der Waals surface area contributed by atoms with Crippen molar-refractivity contribution < 1.29 is 13.9 Å². The SMILES string of the molecule is COc1ccc(CN2CCN(C(=O)Nc3ccc(N4CCC(C)CC4)cc3)CC2)cc1F. The fraction of sp³-hybridized carbons (Fsp3) is 0.480. The van der Waals surface area contributed by atoms with Crippen molar-refractivity contribution in [3.05, 3.63) is 53.8 Å². The number of piperazine rings is 1. The monoisotopic (exact) mass is 440 g/mol. The number of rotatable bonds is 5. The van der Waals surface area contributed by atoms with Gasteiger partial charge in [-0.25, -0.2) is 9.18 Å². The van der Waals surface area contributed by atoms with Crippen LogP contribution in [0.15, 0.2) is 42.5 Å². The van der Waals surface area contributed by atoms with Crippen LogP contribution in [0.4, 0.5) is 20.6 Å². The maximum Gasteiger partial charge on any atom is 0.321 e. The van der Waals surface area contributed by atoms with E-state index in [4.69, 9.17) is 4.74 Å². The summed E-state index contributed by atoms with van der Waals surface area (Å²) < 4.78 is 18.9. The van der Waals surface area contributed by atoms with E-state index in [-0.39, 0.29) is 17.6 Å². The minimum Gasteiger partial charge on any atom is -0.494 e. The van der Waals surface area contributed by atoms with Gasteiger partial charge in [-0.1, -0.05) is 13.0 Å². The molecular weight excluding hydrogens is 407 g/mol. The van der Waals surface area contributed by atoms with Crippen LogP contribution in [0.5, 0.6) is 5.75 Å². The Labute approximate surface area is 189 Å². The molecule has 0 bridgehead atoms. The van der Waals surface area contributed by atoms with Crippen LogP contribution in [0.1, 0.15) is 25.3 Å². The number of benzene rings is 2. The molecule has 7 heteroatoms. The van der Waals surface area contributed by atoms with Gasteiger partial charge in [-0.2, -0.15) is 0 Å². The van der Waals surface area contributed by atoms with Crippen LogP contribution in [-0.2, 0) is 6.54 Å². The van der Waals surface area contributed by atoms with Gasteiger partial charge in [-0.05, 0) is 60.7 Å². The van der Waals surface area contributed by atoms with E-state index in [1.165, 1.54) is 31.7 Å². The number of hydrogen-bond acceptors (Lipinski definition) is 4. The first-order valence-corrected chi connectivity index (χ1v) is 11.5. The molecular formula is C25H33FN4O2. The number of ether oxygens (including phenoxy) is 1. The van der Waals surface area contributed by atoms with Crippen LogP contribution in [0, 0.1) is 11.7 Å². The van der Waals surface area contributed by atoms with Crippen molar-refractivity contribution in [3.63, 3.8) is 0 Å². The Bertz CT molecular complexity index is 905. The number of urea groups is 1. The number of amides is 2. The van der Waals surface area contributed by atoms with Crippen molar-refractivity contribution >= 4 is 17.4 Å². The highest BCUT2D eigenvalue weighted by atomic mass is 19.1. The van der Waals surface area contributed by atoms with Crippen molar-refractivity contribution in [3.8, 4) is 5.75 Å². The topological polar surface area (TPSA) is 48.1 Å². The number of piperidine rings is 1. The summed E-state index contributed by atoms with van der Waals surface area (Å²) in [6.07, 6.45) is 2.47. The Morgan fingerprint density at radius 3 is 2.34 bits per heavy atom. The smallest absolute Gasteiger partial charge is 0.321 e. The Balaban J connectivity index is 1.24. The Hall–Kier alpha value is -2.80. The second-order valence-corrected chi connectivity index (χ2v) is 8.88. The molecule has 0 saturated carbocycles. The summed E-state index contributed by atoms with van der Waals surface area (Å²) in [5.41, 5.74) is 2.95. The van der Waals surface area contributed by atoms with Gasteiger partial charge in [0.25, 0.3) is 0 Å². The van der Waals surface area contributed by atoms with Crippen LogP contribution >= 0.6 is 0 Å². The second-order valence-electron chi connectivity index (χ2n) is 8.88.